The van der Waals surface area contributed by atoms with Crippen LogP contribution in [-0.4, -0.2) is 14.5 Å². The monoisotopic (exact) mass is 407 g/mol. The first kappa shape index (κ1) is 22.1. The first-order valence-corrected chi connectivity index (χ1v) is 14.0. The SMILES string of the molecule is C[SiH](C)N(c1c(C(C)(C)C)ccc2c1Cc1cc(C(C)(C)C)ccc1-2)C(C)(C)C. The first-order valence-electron chi connectivity index (χ1n) is 11.2. The van der Waals surface area contributed by atoms with Crippen molar-refractivity contribution in [3.63, 3.8) is 0 Å². The maximum atomic E-state index is 2.79. The second-order valence-corrected chi connectivity index (χ2v) is 14.9. The van der Waals surface area contributed by atoms with Crippen molar-refractivity contribution in [2.45, 2.75) is 98.2 Å². The molecule has 0 saturated heterocycles. The van der Waals surface area contributed by atoms with Gasteiger partial charge in [0.15, 0.2) is 0 Å². The van der Waals surface area contributed by atoms with Crippen molar-refractivity contribution in [3.05, 3.63) is 52.6 Å². The Labute approximate surface area is 181 Å². The van der Waals surface area contributed by atoms with E-state index < -0.39 is 8.96 Å². The summed E-state index contributed by atoms with van der Waals surface area (Å²) >= 11 is 0. The van der Waals surface area contributed by atoms with Gasteiger partial charge in [0, 0.05) is 17.6 Å². The van der Waals surface area contributed by atoms with Gasteiger partial charge < -0.3 is 4.57 Å². The Morgan fingerprint density at radius 3 is 1.83 bits per heavy atom. The molecule has 158 valence electrons. The van der Waals surface area contributed by atoms with E-state index in [9.17, 15) is 0 Å². The van der Waals surface area contributed by atoms with Crippen LogP contribution in [0, 0.1) is 0 Å². The lowest BCUT2D eigenvalue weighted by molar-refractivity contribution is 0.554. The largest absolute Gasteiger partial charge is 0.396 e. The molecule has 29 heavy (non-hydrogen) atoms. The van der Waals surface area contributed by atoms with Gasteiger partial charge in [-0.05, 0) is 65.0 Å². The number of nitrogens with zero attached hydrogens (tertiary/aromatic N) is 1. The van der Waals surface area contributed by atoms with Crippen LogP contribution in [0.3, 0.4) is 0 Å². The van der Waals surface area contributed by atoms with Crippen molar-refractivity contribution in [2.24, 2.45) is 0 Å². The molecule has 0 aromatic heterocycles. The van der Waals surface area contributed by atoms with Gasteiger partial charge in [-0.25, -0.2) is 0 Å². The lowest BCUT2D eigenvalue weighted by Gasteiger charge is -2.45. The fraction of sp³-hybridized carbons (Fsp3) is 0.556. The van der Waals surface area contributed by atoms with Crippen LogP contribution >= 0.6 is 0 Å². The van der Waals surface area contributed by atoms with Crippen LogP contribution in [0.5, 0.6) is 0 Å². The van der Waals surface area contributed by atoms with Gasteiger partial charge in [0.05, 0.1) is 0 Å². The van der Waals surface area contributed by atoms with Crippen LogP contribution in [-0.2, 0) is 17.3 Å². The molecule has 1 nitrogen and oxygen atoms in total. The molecule has 0 unspecified atom stereocenters. The van der Waals surface area contributed by atoms with Crippen molar-refractivity contribution in [1.82, 2.24) is 0 Å². The van der Waals surface area contributed by atoms with Gasteiger partial charge in [0.2, 0.25) is 0 Å². The van der Waals surface area contributed by atoms with Crippen molar-refractivity contribution in [3.8, 4) is 11.1 Å². The van der Waals surface area contributed by atoms with E-state index in [2.05, 4.69) is 110 Å². The molecular weight excluding hydrogens is 366 g/mol. The van der Waals surface area contributed by atoms with E-state index in [0.29, 0.717) is 0 Å². The van der Waals surface area contributed by atoms with Crippen LogP contribution in [0.4, 0.5) is 5.69 Å². The third-order valence-corrected chi connectivity index (χ3v) is 8.27. The third kappa shape index (κ3) is 4.06. The normalized spacial score (nSPS) is 14.2. The number of hydrogen-bond donors (Lipinski definition) is 0. The minimum atomic E-state index is -1.07. The molecule has 0 saturated carbocycles. The quantitative estimate of drug-likeness (QED) is 0.399. The van der Waals surface area contributed by atoms with Crippen molar-refractivity contribution in [1.29, 1.82) is 0 Å². The summed E-state index contributed by atoms with van der Waals surface area (Å²) in [5, 5.41) is 0. The van der Waals surface area contributed by atoms with Gasteiger partial charge in [0.1, 0.15) is 8.96 Å². The number of hydrogen-bond acceptors (Lipinski definition) is 1. The Kier molecular flexibility index (Phi) is 5.35. The van der Waals surface area contributed by atoms with Gasteiger partial charge in [-0.1, -0.05) is 85.0 Å². The second kappa shape index (κ2) is 7.01. The molecule has 0 N–H and O–H groups in total. The maximum absolute atomic E-state index is 2.79. The first-order chi connectivity index (χ1) is 13.1. The summed E-state index contributed by atoms with van der Waals surface area (Å²) < 4.78 is 2.79. The molecular formula is C27H41NSi. The van der Waals surface area contributed by atoms with Crippen LogP contribution in [0.1, 0.15) is 84.6 Å². The molecule has 0 spiro atoms. The third-order valence-electron chi connectivity index (χ3n) is 6.20. The molecule has 0 fully saturated rings. The van der Waals surface area contributed by atoms with Crippen LogP contribution in [0.2, 0.25) is 13.1 Å². The molecule has 0 atom stereocenters. The molecule has 0 amide bonds. The predicted octanol–water partition coefficient (Wildman–Crippen LogP) is 7.44. The molecule has 0 heterocycles. The van der Waals surface area contributed by atoms with E-state index in [0.717, 1.165) is 6.42 Å². The Morgan fingerprint density at radius 1 is 0.759 bits per heavy atom. The lowest BCUT2D eigenvalue weighted by atomic mass is 9.82. The summed E-state index contributed by atoms with van der Waals surface area (Å²) in [6.45, 7) is 26.1. The zero-order valence-corrected chi connectivity index (χ0v) is 21.8. The average molecular weight is 408 g/mol. The average Bonchev–Trinajstić information content (AvgIpc) is 2.89. The standard InChI is InChI=1S/C27H41NSi/c1-25(2,3)19-12-13-20-18(16-19)17-22-21(20)14-15-23(26(4,5)6)24(22)28(29(10)11)27(7,8)9/h12-16,29H,17H2,1-11H3. The molecule has 2 aromatic carbocycles. The predicted molar refractivity (Wildman–Crippen MR) is 133 cm³/mol. The Morgan fingerprint density at radius 2 is 1.34 bits per heavy atom. The van der Waals surface area contributed by atoms with Crippen LogP contribution in [0.15, 0.2) is 30.3 Å². The van der Waals surface area contributed by atoms with Crippen molar-refractivity contribution >= 4 is 14.6 Å². The fourth-order valence-electron chi connectivity index (χ4n) is 4.98. The van der Waals surface area contributed by atoms with Gasteiger partial charge in [0.25, 0.3) is 0 Å². The van der Waals surface area contributed by atoms with Gasteiger partial charge in [-0.3, -0.25) is 0 Å². The van der Waals surface area contributed by atoms with E-state index in [1.807, 2.05) is 0 Å². The van der Waals surface area contributed by atoms with E-state index in [1.165, 1.54) is 33.5 Å². The van der Waals surface area contributed by atoms with E-state index in [4.69, 9.17) is 0 Å². The molecule has 0 bridgehead atoms. The molecule has 1 aliphatic rings. The lowest BCUT2D eigenvalue weighted by Crippen LogP contribution is -2.50. The summed E-state index contributed by atoms with van der Waals surface area (Å²) in [6, 6.07) is 12.0. The minimum absolute atomic E-state index is 0.126. The number of benzene rings is 2. The topological polar surface area (TPSA) is 3.24 Å². The van der Waals surface area contributed by atoms with Gasteiger partial charge >= 0.3 is 0 Å². The summed E-state index contributed by atoms with van der Waals surface area (Å²) in [6.07, 6.45) is 1.06. The highest BCUT2D eigenvalue weighted by Crippen LogP contribution is 2.48. The number of fused-ring (bicyclic) bond motifs is 3. The van der Waals surface area contributed by atoms with Gasteiger partial charge in [-0.2, -0.15) is 0 Å². The summed E-state index contributed by atoms with van der Waals surface area (Å²) in [5.41, 5.74) is 10.8. The highest BCUT2D eigenvalue weighted by Gasteiger charge is 2.35. The van der Waals surface area contributed by atoms with E-state index in [-0.39, 0.29) is 16.4 Å². The minimum Gasteiger partial charge on any atom is -0.396 e. The maximum Gasteiger partial charge on any atom is 0.135 e. The smallest absolute Gasteiger partial charge is 0.135 e. The second-order valence-electron chi connectivity index (χ2n) is 12.2. The highest BCUT2D eigenvalue weighted by molar-refractivity contribution is 6.60. The van der Waals surface area contributed by atoms with E-state index >= 15 is 0 Å². The number of rotatable bonds is 2. The molecule has 3 rings (SSSR count). The highest BCUT2D eigenvalue weighted by atomic mass is 28.3. The van der Waals surface area contributed by atoms with Gasteiger partial charge in [-0.15, -0.1) is 0 Å². The molecule has 0 radical (unpaired) electrons. The summed E-state index contributed by atoms with van der Waals surface area (Å²) in [7, 11) is -1.07. The Balaban J connectivity index is 2.28. The van der Waals surface area contributed by atoms with Crippen molar-refractivity contribution in [2.75, 3.05) is 4.57 Å². The Hall–Kier alpha value is -1.54. The van der Waals surface area contributed by atoms with Crippen molar-refractivity contribution < 1.29 is 0 Å². The number of anilines is 1. The molecule has 2 heteroatoms. The fourth-order valence-corrected chi connectivity index (χ4v) is 7.34. The van der Waals surface area contributed by atoms with E-state index in [1.54, 1.807) is 5.56 Å². The molecule has 0 aliphatic heterocycles. The molecule has 1 aliphatic carbocycles. The van der Waals surface area contributed by atoms with Crippen LogP contribution < -0.4 is 4.57 Å². The van der Waals surface area contributed by atoms with Crippen LogP contribution in [0.25, 0.3) is 11.1 Å². The zero-order valence-electron chi connectivity index (χ0n) is 20.6. The zero-order chi connectivity index (χ0) is 21.9. The Bertz CT molecular complexity index is 917. The summed E-state index contributed by atoms with van der Waals surface area (Å²) in [4.78, 5) is 0. The summed E-state index contributed by atoms with van der Waals surface area (Å²) in [5.74, 6) is 0. The molecule has 2 aromatic rings.